The van der Waals surface area contributed by atoms with Crippen molar-refractivity contribution in [3.8, 4) is 0 Å². The first kappa shape index (κ1) is 17.7. The number of hydrogen-bond donors (Lipinski definition) is 2. The molecule has 0 aromatic carbocycles. The lowest BCUT2D eigenvalue weighted by atomic mass is 10.1. The molecule has 5 nitrogen and oxygen atoms in total. The molecule has 5 heteroatoms. The highest BCUT2D eigenvalue weighted by molar-refractivity contribution is 5.79. The van der Waals surface area contributed by atoms with Gasteiger partial charge in [0.25, 0.3) is 0 Å². The number of hydrogen-bond acceptors (Lipinski definition) is 3. The van der Waals surface area contributed by atoms with Gasteiger partial charge in [0.2, 0.25) is 5.91 Å². The average molecular weight is 294 g/mol. The SMILES string of the molecule is CCCNCCNC(=O)Cc1c(C)nn(CC(C)C)c1C. The molecule has 2 N–H and O–H groups in total. The normalized spacial score (nSPS) is 11.1. The second kappa shape index (κ2) is 8.82. The predicted molar refractivity (Wildman–Crippen MR) is 86.4 cm³/mol. The Morgan fingerprint density at radius 2 is 1.95 bits per heavy atom. The molecule has 0 spiro atoms. The van der Waals surface area contributed by atoms with E-state index in [4.69, 9.17) is 0 Å². The smallest absolute Gasteiger partial charge is 0.224 e. The Labute approximate surface area is 128 Å². The maximum absolute atomic E-state index is 12.0. The molecule has 0 radical (unpaired) electrons. The lowest BCUT2D eigenvalue weighted by Crippen LogP contribution is -2.33. The van der Waals surface area contributed by atoms with Gasteiger partial charge < -0.3 is 10.6 Å². The number of rotatable bonds is 9. The van der Waals surface area contributed by atoms with Gasteiger partial charge in [-0.1, -0.05) is 20.8 Å². The van der Waals surface area contributed by atoms with Crippen molar-refractivity contribution in [2.45, 2.75) is 54.0 Å². The third kappa shape index (κ3) is 5.87. The lowest BCUT2D eigenvalue weighted by Gasteiger charge is -2.08. The Morgan fingerprint density at radius 3 is 2.57 bits per heavy atom. The number of carbonyl (C=O) groups excluding carboxylic acids is 1. The zero-order valence-corrected chi connectivity index (χ0v) is 14.1. The number of carbonyl (C=O) groups is 1. The van der Waals surface area contributed by atoms with Gasteiger partial charge in [0.15, 0.2) is 0 Å². The Kier molecular flexibility index (Phi) is 7.43. The fourth-order valence-electron chi connectivity index (χ4n) is 2.33. The zero-order valence-electron chi connectivity index (χ0n) is 14.1. The van der Waals surface area contributed by atoms with Crippen molar-refractivity contribution in [2.24, 2.45) is 5.92 Å². The topological polar surface area (TPSA) is 58.9 Å². The molecule has 1 aromatic rings. The molecule has 1 aromatic heterocycles. The summed E-state index contributed by atoms with van der Waals surface area (Å²) < 4.78 is 2.02. The number of nitrogens with zero attached hydrogens (tertiary/aromatic N) is 2. The summed E-state index contributed by atoms with van der Waals surface area (Å²) in [5, 5.41) is 10.8. The second-order valence-corrected chi connectivity index (χ2v) is 6.00. The molecule has 0 aliphatic heterocycles. The van der Waals surface area contributed by atoms with Crippen LogP contribution in [0.15, 0.2) is 0 Å². The molecule has 0 fully saturated rings. The largest absolute Gasteiger partial charge is 0.355 e. The van der Waals surface area contributed by atoms with Crippen LogP contribution in [0.2, 0.25) is 0 Å². The first-order chi connectivity index (χ1) is 9.95. The maximum atomic E-state index is 12.0. The number of aryl methyl sites for hydroxylation is 1. The Bertz CT molecular complexity index is 451. The van der Waals surface area contributed by atoms with E-state index in [2.05, 4.69) is 36.5 Å². The summed E-state index contributed by atoms with van der Waals surface area (Å²) in [5.74, 6) is 0.623. The van der Waals surface area contributed by atoms with Crippen LogP contribution in [0.5, 0.6) is 0 Å². The molecule has 120 valence electrons. The quantitative estimate of drug-likeness (QED) is 0.683. The van der Waals surface area contributed by atoms with Crippen molar-refractivity contribution in [1.29, 1.82) is 0 Å². The minimum Gasteiger partial charge on any atom is -0.355 e. The Hall–Kier alpha value is -1.36. The first-order valence-corrected chi connectivity index (χ1v) is 7.96. The van der Waals surface area contributed by atoms with Crippen LogP contribution in [0.4, 0.5) is 0 Å². The molecule has 1 amide bonds. The molecule has 0 unspecified atom stereocenters. The van der Waals surface area contributed by atoms with E-state index in [1.54, 1.807) is 0 Å². The summed E-state index contributed by atoms with van der Waals surface area (Å²) in [5.41, 5.74) is 3.14. The van der Waals surface area contributed by atoms with Gasteiger partial charge in [-0.15, -0.1) is 0 Å². The number of amides is 1. The fraction of sp³-hybridized carbons (Fsp3) is 0.750. The third-order valence-electron chi connectivity index (χ3n) is 3.46. The average Bonchev–Trinajstić information content (AvgIpc) is 2.65. The van der Waals surface area contributed by atoms with Crippen LogP contribution >= 0.6 is 0 Å². The summed E-state index contributed by atoms with van der Waals surface area (Å²) >= 11 is 0. The monoisotopic (exact) mass is 294 g/mol. The van der Waals surface area contributed by atoms with Gasteiger partial charge in [-0.3, -0.25) is 9.48 Å². The molecule has 1 rings (SSSR count). The molecule has 1 heterocycles. The van der Waals surface area contributed by atoms with E-state index in [1.807, 2.05) is 18.5 Å². The molecule has 0 bridgehead atoms. The Morgan fingerprint density at radius 1 is 1.24 bits per heavy atom. The van der Waals surface area contributed by atoms with Crippen molar-refractivity contribution >= 4 is 5.91 Å². The van der Waals surface area contributed by atoms with Gasteiger partial charge >= 0.3 is 0 Å². The molecule has 0 saturated carbocycles. The lowest BCUT2D eigenvalue weighted by molar-refractivity contribution is -0.120. The zero-order chi connectivity index (χ0) is 15.8. The second-order valence-electron chi connectivity index (χ2n) is 6.00. The van der Waals surface area contributed by atoms with Crippen LogP contribution in [0.1, 0.15) is 44.1 Å². The summed E-state index contributed by atoms with van der Waals surface area (Å²) in [6, 6.07) is 0. The fourth-order valence-corrected chi connectivity index (χ4v) is 2.33. The molecule has 0 aliphatic carbocycles. The highest BCUT2D eigenvalue weighted by atomic mass is 16.1. The highest BCUT2D eigenvalue weighted by Gasteiger charge is 2.15. The van der Waals surface area contributed by atoms with E-state index in [9.17, 15) is 4.79 Å². The molecule has 0 saturated heterocycles. The standard InChI is InChI=1S/C16H30N4O/c1-6-7-17-8-9-18-16(21)10-15-13(4)19-20(14(15)5)11-12(2)3/h12,17H,6-11H2,1-5H3,(H,18,21). The summed E-state index contributed by atoms with van der Waals surface area (Å²) in [7, 11) is 0. The van der Waals surface area contributed by atoms with Gasteiger partial charge in [0.1, 0.15) is 0 Å². The first-order valence-electron chi connectivity index (χ1n) is 7.96. The van der Waals surface area contributed by atoms with E-state index in [-0.39, 0.29) is 5.91 Å². The van der Waals surface area contributed by atoms with E-state index >= 15 is 0 Å². The van der Waals surface area contributed by atoms with Gasteiger partial charge in [-0.25, -0.2) is 0 Å². The summed E-state index contributed by atoms with van der Waals surface area (Å²) in [6.45, 7) is 13.9. The van der Waals surface area contributed by atoms with Gasteiger partial charge in [0, 0.05) is 30.9 Å². The third-order valence-corrected chi connectivity index (χ3v) is 3.46. The van der Waals surface area contributed by atoms with Crippen LogP contribution in [-0.2, 0) is 17.8 Å². The van der Waals surface area contributed by atoms with E-state index in [0.29, 0.717) is 18.9 Å². The molecule has 0 atom stereocenters. The highest BCUT2D eigenvalue weighted by Crippen LogP contribution is 2.15. The van der Waals surface area contributed by atoms with E-state index in [1.165, 1.54) is 0 Å². The van der Waals surface area contributed by atoms with E-state index in [0.717, 1.165) is 43.0 Å². The number of nitrogens with one attached hydrogen (secondary N) is 2. The minimum atomic E-state index is 0.0728. The van der Waals surface area contributed by atoms with Crippen molar-refractivity contribution in [2.75, 3.05) is 19.6 Å². The summed E-state index contributed by atoms with van der Waals surface area (Å²) in [6.07, 6.45) is 1.53. The summed E-state index contributed by atoms with van der Waals surface area (Å²) in [4.78, 5) is 12.0. The maximum Gasteiger partial charge on any atom is 0.224 e. The van der Waals surface area contributed by atoms with Crippen LogP contribution in [0.25, 0.3) is 0 Å². The van der Waals surface area contributed by atoms with Crippen LogP contribution in [-0.4, -0.2) is 35.3 Å². The van der Waals surface area contributed by atoms with Gasteiger partial charge in [0.05, 0.1) is 12.1 Å². The van der Waals surface area contributed by atoms with Crippen molar-refractivity contribution in [3.05, 3.63) is 17.0 Å². The molecule has 0 aliphatic rings. The van der Waals surface area contributed by atoms with Gasteiger partial charge in [-0.05, 0) is 32.7 Å². The van der Waals surface area contributed by atoms with Crippen molar-refractivity contribution in [3.63, 3.8) is 0 Å². The molecule has 21 heavy (non-hydrogen) atoms. The van der Waals surface area contributed by atoms with Gasteiger partial charge in [-0.2, -0.15) is 5.10 Å². The predicted octanol–water partition coefficient (Wildman–Crippen LogP) is 1.81. The Balaban J connectivity index is 2.50. The van der Waals surface area contributed by atoms with Crippen molar-refractivity contribution in [1.82, 2.24) is 20.4 Å². The molecular weight excluding hydrogens is 264 g/mol. The van der Waals surface area contributed by atoms with Crippen LogP contribution < -0.4 is 10.6 Å². The van der Waals surface area contributed by atoms with Crippen molar-refractivity contribution < 1.29 is 4.79 Å². The van der Waals surface area contributed by atoms with E-state index < -0.39 is 0 Å². The minimum absolute atomic E-state index is 0.0728. The van der Waals surface area contributed by atoms with Crippen LogP contribution in [0, 0.1) is 19.8 Å². The van der Waals surface area contributed by atoms with Crippen LogP contribution in [0.3, 0.4) is 0 Å². The number of aromatic nitrogens is 2. The molecular formula is C16H30N4O.